The average molecular weight is 326 g/mol. The van der Waals surface area contributed by atoms with E-state index >= 15 is 0 Å². The summed E-state index contributed by atoms with van der Waals surface area (Å²) in [5.41, 5.74) is 2.09. The predicted octanol–water partition coefficient (Wildman–Crippen LogP) is 4.47. The van der Waals surface area contributed by atoms with Gasteiger partial charge in [-0.3, -0.25) is 4.79 Å². The third kappa shape index (κ3) is 2.13. The molecular weight excluding hydrogens is 304 g/mol. The first-order valence-electron chi connectivity index (χ1n) is 8.17. The smallest absolute Gasteiger partial charge is 0.334 e. The Morgan fingerprint density at radius 3 is 2.79 bits per heavy atom. The summed E-state index contributed by atoms with van der Waals surface area (Å²) in [6, 6.07) is 0. The number of ketones is 1. The molecule has 0 aliphatic heterocycles. The maximum absolute atomic E-state index is 12.9. The molecule has 3 rings (SSSR count). The first kappa shape index (κ1) is 16.5. The number of carbonyl (C=O) groups is 2. The van der Waals surface area contributed by atoms with E-state index in [1.807, 2.05) is 39.0 Å². The lowest BCUT2D eigenvalue weighted by atomic mass is 9.60. The lowest BCUT2D eigenvalue weighted by Crippen LogP contribution is -2.44. The van der Waals surface area contributed by atoms with E-state index in [9.17, 15) is 9.59 Å². The molecule has 0 amide bonds. The van der Waals surface area contributed by atoms with Crippen molar-refractivity contribution in [1.82, 2.24) is 0 Å². The standard InChI is InChI=1S/C20H22O4/c1-6-11(2)19(22)24-18-15-12(3)10-23-17(15)16(21)14-9-7-8-13(4)20(14,18)5/h6-10,13,18H,1-5H3/b11-6-/t13-,18+,20+/m0/s1. The minimum Gasteiger partial charge on any atom is -0.460 e. The van der Waals surface area contributed by atoms with Crippen LogP contribution in [0, 0.1) is 18.3 Å². The van der Waals surface area contributed by atoms with Crippen molar-refractivity contribution in [3.63, 3.8) is 0 Å². The van der Waals surface area contributed by atoms with E-state index in [1.54, 1.807) is 26.2 Å². The van der Waals surface area contributed by atoms with Gasteiger partial charge in [0.05, 0.1) is 6.26 Å². The molecule has 0 saturated heterocycles. The molecule has 24 heavy (non-hydrogen) atoms. The van der Waals surface area contributed by atoms with Gasteiger partial charge < -0.3 is 9.15 Å². The quantitative estimate of drug-likeness (QED) is 0.594. The summed E-state index contributed by atoms with van der Waals surface area (Å²) in [4.78, 5) is 25.3. The topological polar surface area (TPSA) is 56.5 Å². The number of Topliss-reactive ketones (excluding diaryl/α,β-unsaturated/α-hetero) is 1. The van der Waals surface area contributed by atoms with Crippen molar-refractivity contribution in [2.75, 3.05) is 0 Å². The van der Waals surface area contributed by atoms with Crippen LogP contribution in [0.5, 0.6) is 0 Å². The number of hydrogen-bond acceptors (Lipinski definition) is 4. The Balaban J connectivity index is 2.19. The Bertz CT molecular complexity index is 806. The maximum atomic E-state index is 12.9. The van der Waals surface area contributed by atoms with Crippen molar-refractivity contribution < 1.29 is 18.7 Å². The molecule has 0 spiro atoms. The van der Waals surface area contributed by atoms with Crippen LogP contribution in [0.15, 0.2) is 46.1 Å². The molecule has 0 saturated carbocycles. The van der Waals surface area contributed by atoms with E-state index in [2.05, 4.69) is 0 Å². The molecule has 1 aromatic heterocycles. The predicted molar refractivity (Wildman–Crippen MR) is 90.5 cm³/mol. The van der Waals surface area contributed by atoms with Gasteiger partial charge in [-0.15, -0.1) is 0 Å². The maximum Gasteiger partial charge on any atom is 0.334 e. The molecule has 2 aliphatic carbocycles. The third-order valence-corrected chi connectivity index (χ3v) is 5.45. The van der Waals surface area contributed by atoms with E-state index < -0.39 is 11.5 Å². The van der Waals surface area contributed by atoms with Gasteiger partial charge in [0.2, 0.25) is 5.78 Å². The molecule has 0 fully saturated rings. The van der Waals surface area contributed by atoms with E-state index in [4.69, 9.17) is 9.15 Å². The molecule has 2 aliphatic rings. The van der Waals surface area contributed by atoms with E-state index in [-0.39, 0.29) is 23.4 Å². The second-order valence-electron chi connectivity index (χ2n) is 6.78. The van der Waals surface area contributed by atoms with Crippen LogP contribution in [0.2, 0.25) is 0 Å². The van der Waals surface area contributed by atoms with Gasteiger partial charge in [0.15, 0.2) is 5.76 Å². The third-order valence-electron chi connectivity index (χ3n) is 5.45. The Kier molecular flexibility index (Phi) is 3.86. The highest BCUT2D eigenvalue weighted by molar-refractivity contribution is 6.11. The second kappa shape index (κ2) is 5.62. The van der Waals surface area contributed by atoms with Crippen LogP contribution >= 0.6 is 0 Å². The van der Waals surface area contributed by atoms with Gasteiger partial charge in [0, 0.05) is 22.1 Å². The van der Waals surface area contributed by atoms with Crippen molar-refractivity contribution in [1.29, 1.82) is 0 Å². The van der Waals surface area contributed by atoms with Crippen LogP contribution in [0.1, 0.15) is 55.5 Å². The van der Waals surface area contributed by atoms with Crippen molar-refractivity contribution in [3.05, 3.63) is 58.6 Å². The van der Waals surface area contributed by atoms with Crippen LogP contribution in [0.25, 0.3) is 0 Å². The lowest BCUT2D eigenvalue weighted by molar-refractivity contribution is -0.152. The molecule has 1 aromatic rings. The number of fused-ring (bicyclic) bond motifs is 2. The zero-order valence-corrected chi connectivity index (χ0v) is 14.7. The SMILES string of the molecule is C/C=C(/C)C(=O)O[C@@H]1c2c(C)coc2C(=O)C2=CC=C[C@H](C)[C@]21C. The number of esters is 1. The van der Waals surface area contributed by atoms with Gasteiger partial charge in [0.25, 0.3) is 0 Å². The summed E-state index contributed by atoms with van der Waals surface area (Å²) in [7, 11) is 0. The fraction of sp³-hybridized carbons (Fsp3) is 0.400. The molecule has 0 unspecified atom stereocenters. The van der Waals surface area contributed by atoms with Crippen molar-refractivity contribution in [2.45, 2.75) is 40.7 Å². The zero-order chi connectivity index (χ0) is 17.6. The molecule has 4 heteroatoms. The number of hydrogen-bond donors (Lipinski definition) is 0. The monoisotopic (exact) mass is 326 g/mol. The summed E-state index contributed by atoms with van der Waals surface area (Å²) in [5, 5.41) is 0. The number of carbonyl (C=O) groups excluding carboxylic acids is 2. The van der Waals surface area contributed by atoms with Crippen LogP contribution in [0.4, 0.5) is 0 Å². The highest BCUT2D eigenvalue weighted by Gasteiger charge is 2.54. The summed E-state index contributed by atoms with van der Waals surface area (Å²) < 4.78 is 11.4. The molecule has 3 atom stereocenters. The Morgan fingerprint density at radius 1 is 1.42 bits per heavy atom. The second-order valence-corrected chi connectivity index (χ2v) is 6.78. The molecule has 0 N–H and O–H groups in total. The van der Waals surface area contributed by atoms with Gasteiger partial charge in [-0.1, -0.05) is 38.2 Å². The van der Waals surface area contributed by atoms with Crippen molar-refractivity contribution >= 4 is 11.8 Å². The van der Waals surface area contributed by atoms with E-state index in [1.165, 1.54) is 0 Å². The van der Waals surface area contributed by atoms with Gasteiger partial charge >= 0.3 is 5.97 Å². The molecule has 0 bridgehead atoms. The largest absolute Gasteiger partial charge is 0.460 e. The first-order valence-corrected chi connectivity index (χ1v) is 8.17. The van der Waals surface area contributed by atoms with Crippen molar-refractivity contribution in [2.24, 2.45) is 11.3 Å². The molecule has 4 nitrogen and oxygen atoms in total. The fourth-order valence-corrected chi connectivity index (χ4v) is 3.52. The number of furan rings is 1. The molecule has 126 valence electrons. The molecule has 0 radical (unpaired) electrons. The van der Waals surface area contributed by atoms with E-state index in [0.717, 1.165) is 5.56 Å². The Labute approximate surface area is 141 Å². The molecule has 0 aromatic carbocycles. The highest BCUT2D eigenvalue weighted by atomic mass is 16.5. The van der Waals surface area contributed by atoms with Gasteiger partial charge in [-0.05, 0) is 32.3 Å². The Hall–Kier alpha value is -2.36. The highest BCUT2D eigenvalue weighted by Crippen LogP contribution is 2.56. The van der Waals surface area contributed by atoms with Gasteiger partial charge in [-0.25, -0.2) is 4.79 Å². The summed E-state index contributed by atoms with van der Waals surface area (Å²) in [6.07, 6.45) is 8.47. The number of aryl methyl sites for hydroxylation is 1. The first-order chi connectivity index (χ1) is 11.3. The number of ether oxygens (including phenoxy) is 1. The molecular formula is C20H22O4. The molecule has 1 heterocycles. The number of rotatable bonds is 2. The lowest BCUT2D eigenvalue weighted by Gasteiger charge is -2.45. The van der Waals surface area contributed by atoms with Crippen LogP contribution in [-0.4, -0.2) is 11.8 Å². The van der Waals surface area contributed by atoms with Gasteiger partial charge in [0.1, 0.15) is 6.10 Å². The van der Waals surface area contributed by atoms with Crippen LogP contribution in [0.3, 0.4) is 0 Å². The van der Waals surface area contributed by atoms with Crippen LogP contribution < -0.4 is 0 Å². The summed E-state index contributed by atoms with van der Waals surface area (Å²) >= 11 is 0. The zero-order valence-electron chi connectivity index (χ0n) is 14.7. The van der Waals surface area contributed by atoms with Crippen LogP contribution in [-0.2, 0) is 9.53 Å². The normalized spacial score (nSPS) is 29.0. The van der Waals surface area contributed by atoms with E-state index in [0.29, 0.717) is 16.7 Å². The average Bonchev–Trinajstić information content (AvgIpc) is 2.94. The Morgan fingerprint density at radius 2 is 2.12 bits per heavy atom. The summed E-state index contributed by atoms with van der Waals surface area (Å²) in [6.45, 7) is 9.43. The number of allylic oxidation sites excluding steroid dienone is 4. The van der Waals surface area contributed by atoms with Gasteiger partial charge in [-0.2, -0.15) is 0 Å². The fourth-order valence-electron chi connectivity index (χ4n) is 3.52. The summed E-state index contributed by atoms with van der Waals surface area (Å²) in [5.74, 6) is -0.153. The minimum absolute atomic E-state index is 0.0487. The minimum atomic E-state index is -0.614. The van der Waals surface area contributed by atoms with Crippen molar-refractivity contribution in [3.8, 4) is 0 Å².